The fraction of sp³-hybridized carbons (Fsp3) is 0.321. The summed E-state index contributed by atoms with van der Waals surface area (Å²) in [5, 5.41) is 3.15. The number of ketones is 1. The minimum absolute atomic E-state index is 0.0455. The number of rotatable bonds is 7. The lowest BCUT2D eigenvalue weighted by Gasteiger charge is -2.38. The van der Waals surface area contributed by atoms with Gasteiger partial charge in [0.05, 0.1) is 18.6 Å². The topological polar surface area (TPSA) is 90.9 Å². The lowest BCUT2D eigenvalue weighted by Crippen LogP contribution is -2.43. The van der Waals surface area contributed by atoms with Crippen molar-refractivity contribution in [2.45, 2.75) is 26.2 Å². The summed E-state index contributed by atoms with van der Waals surface area (Å²) in [6, 6.07) is 15.1. The van der Waals surface area contributed by atoms with Gasteiger partial charge in [0.25, 0.3) is 0 Å². The Balaban J connectivity index is 1.65. The van der Waals surface area contributed by atoms with Crippen LogP contribution in [0.3, 0.4) is 0 Å². The Bertz CT molecular complexity index is 1240. The fourth-order valence-electron chi connectivity index (χ4n) is 4.86. The third-order valence-corrected chi connectivity index (χ3v) is 6.51. The number of carbonyl (C=O) groups is 3. The summed E-state index contributed by atoms with van der Waals surface area (Å²) < 4.78 is 31.0. The molecule has 0 fully saturated rings. The summed E-state index contributed by atoms with van der Waals surface area (Å²) >= 11 is 0. The summed E-state index contributed by atoms with van der Waals surface area (Å²) in [5.41, 5.74) is 1.50. The molecule has 0 amide bonds. The first-order chi connectivity index (χ1) is 17.3. The predicted octanol–water partition coefficient (Wildman–Crippen LogP) is 4.06. The third kappa shape index (κ3) is 4.89. The molecule has 0 saturated carbocycles. The number of ether oxygens (including phenoxy) is 3. The maximum absolute atomic E-state index is 15.1. The van der Waals surface area contributed by atoms with Crippen molar-refractivity contribution in [3.05, 3.63) is 88.5 Å². The number of halogens is 1. The number of allylic oxidation sites excluding steroid dienone is 3. The average Bonchev–Trinajstić information content (AvgIpc) is 2.86. The Labute approximate surface area is 208 Å². The molecule has 1 heterocycles. The number of Topliss-reactive ketones (excluding diaryl/α,β-unsaturated/α-hetero) is 1. The Hall–Kier alpha value is -3.94. The number of nitrogens with one attached hydrogen (secondary N) is 1. The molecule has 0 bridgehead atoms. The molecule has 8 heteroatoms. The quantitative estimate of drug-likeness (QED) is 0.353. The van der Waals surface area contributed by atoms with Crippen molar-refractivity contribution < 1.29 is 33.0 Å². The summed E-state index contributed by atoms with van der Waals surface area (Å²) in [4.78, 5) is 39.4. The molecule has 7 nitrogen and oxygen atoms in total. The molecular weight excluding hydrogens is 465 g/mol. The third-order valence-electron chi connectivity index (χ3n) is 6.51. The molecule has 0 radical (unpaired) electrons. The van der Waals surface area contributed by atoms with Gasteiger partial charge in [-0.2, -0.15) is 0 Å². The first-order valence-electron chi connectivity index (χ1n) is 11.8. The lowest BCUT2D eigenvalue weighted by atomic mass is 9.69. The summed E-state index contributed by atoms with van der Waals surface area (Å²) in [6.07, 6.45) is 0.371. The Morgan fingerprint density at radius 1 is 1.06 bits per heavy atom. The molecule has 3 atom stereocenters. The van der Waals surface area contributed by atoms with Gasteiger partial charge in [-0.25, -0.2) is 9.18 Å². The van der Waals surface area contributed by atoms with Crippen LogP contribution in [0.25, 0.3) is 0 Å². The van der Waals surface area contributed by atoms with E-state index in [1.165, 1.54) is 25.3 Å². The molecule has 0 saturated heterocycles. The number of para-hydroxylation sites is 1. The molecule has 2 aromatic carbocycles. The molecular formula is C28H28FNO6. The van der Waals surface area contributed by atoms with Crippen LogP contribution < -0.4 is 10.1 Å². The normalized spacial score (nSPS) is 21.4. The van der Waals surface area contributed by atoms with Crippen LogP contribution in [-0.4, -0.2) is 38.0 Å². The predicted molar refractivity (Wildman–Crippen MR) is 129 cm³/mol. The van der Waals surface area contributed by atoms with E-state index in [1.807, 2.05) is 18.2 Å². The van der Waals surface area contributed by atoms with Crippen LogP contribution in [0.5, 0.6) is 5.75 Å². The van der Waals surface area contributed by atoms with Gasteiger partial charge in [0, 0.05) is 22.5 Å². The minimum Gasteiger partial charge on any atom is -0.490 e. The SMILES string of the molecule is COC(=O)[C@H]1C(=O)C2=C(C[C@H]1C)NC(C)=C(C(=O)OCCOc1ccccc1)[C@@H]2c1ccccc1F. The van der Waals surface area contributed by atoms with Crippen molar-refractivity contribution in [1.82, 2.24) is 5.32 Å². The molecule has 1 aliphatic carbocycles. The molecule has 36 heavy (non-hydrogen) atoms. The second-order valence-corrected chi connectivity index (χ2v) is 8.85. The molecule has 0 spiro atoms. The molecule has 188 valence electrons. The Kier molecular flexibility index (Phi) is 7.52. The van der Waals surface area contributed by atoms with Crippen LogP contribution >= 0.6 is 0 Å². The van der Waals surface area contributed by atoms with E-state index in [9.17, 15) is 14.4 Å². The molecule has 0 unspecified atom stereocenters. The summed E-state index contributed by atoms with van der Waals surface area (Å²) in [7, 11) is 1.23. The Morgan fingerprint density at radius 3 is 2.44 bits per heavy atom. The first-order valence-corrected chi connectivity index (χ1v) is 11.8. The summed E-state index contributed by atoms with van der Waals surface area (Å²) in [6.45, 7) is 3.56. The van der Waals surface area contributed by atoms with E-state index in [0.29, 0.717) is 23.6 Å². The van der Waals surface area contributed by atoms with Crippen molar-refractivity contribution in [2.24, 2.45) is 11.8 Å². The van der Waals surface area contributed by atoms with E-state index in [4.69, 9.17) is 14.2 Å². The number of hydrogen-bond acceptors (Lipinski definition) is 7. The van der Waals surface area contributed by atoms with Crippen molar-refractivity contribution in [2.75, 3.05) is 20.3 Å². The summed E-state index contributed by atoms with van der Waals surface area (Å²) in [5.74, 6) is -4.16. The highest BCUT2D eigenvalue weighted by molar-refractivity contribution is 6.12. The number of methoxy groups -OCH3 is 1. The fourth-order valence-corrected chi connectivity index (χ4v) is 4.86. The zero-order valence-corrected chi connectivity index (χ0v) is 20.4. The zero-order valence-electron chi connectivity index (χ0n) is 20.4. The monoisotopic (exact) mass is 493 g/mol. The number of hydrogen-bond donors (Lipinski definition) is 1. The van der Waals surface area contributed by atoms with Gasteiger partial charge in [-0.3, -0.25) is 9.59 Å². The number of esters is 2. The van der Waals surface area contributed by atoms with Crippen molar-refractivity contribution in [1.29, 1.82) is 0 Å². The van der Waals surface area contributed by atoms with Crippen LogP contribution in [0.1, 0.15) is 31.7 Å². The number of dihydropyridines is 1. The lowest BCUT2D eigenvalue weighted by molar-refractivity contribution is -0.151. The van der Waals surface area contributed by atoms with Gasteiger partial charge in [-0.1, -0.05) is 43.3 Å². The van der Waals surface area contributed by atoms with Crippen molar-refractivity contribution in [3.63, 3.8) is 0 Å². The van der Waals surface area contributed by atoms with E-state index < -0.39 is 35.4 Å². The second kappa shape index (κ2) is 10.8. The second-order valence-electron chi connectivity index (χ2n) is 8.85. The van der Waals surface area contributed by atoms with E-state index in [2.05, 4.69) is 5.32 Å². The number of benzene rings is 2. The molecule has 4 rings (SSSR count). The average molecular weight is 494 g/mol. The standard InChI is InChI=1S/C28H28FNO6/c1-16-15-21-25(26(31)22(16)27(32)34-3)24(19-11-7-8-12-20(19)29)23(17(2)30-21)28(33)36-14-13-35-18-9-5-4-6-10-18/h4-12,16,22,24,30H,13-15H2,1-3H3/t16-,22-,24+/m1/s1. The van der Waals surface area contributed by atoms with Gasteiger partial charge in [0.15, 0.2) is 5.78 Å². The minimum atomic E-state index is -1.04. The molecule has 0 aromatic heterocycles. The first kappa shape index (κ1) is 25.2. The highest BCUT2D eigenvalue weighted by Crippen LogP contribution is 2.46. The van der Waals surface area contributed by atoms with Gasteiger partial charge < -0.3 is 19.5 Å². The van der Waals surface area contributed by atoms with Crippen LogP contribution in [-0.2, 0) is 23.9 Å². The smallest absolute Gasteiger partial charge is 0.336 e. The zero-order chi connectivity index (χ0) is 25.8. The maximum atomic E-state index is 15.1. The van der Waals surface area contributed by atoms with Gasteiger partial charge in [-0.05, 0) is 37.5 Å². The van der Waals surface area contributed by atoms with Crippen LogP contribution in [0, 0.1) is 17.7 Å². The molecule has 1 aliphatic heterocycles. The van der Waals surface area contributed by atoms with E-state index >= 15 is 4.39 Å². The van der Waals surface area contributed by atoms with E-state index in [1.54, 1.807) is 32.0 Å². The molecule has 2 aromatic rings. The van der Waals surface area contributed by atoms with Crippen molar-refractivity contribution >= 4 is 17.7 Å². The van der Waals surface area contributed by atoms with Gasteiger partial charge >= 0.3 is 11.9 Å². The number of carbonyl (C=O) groups excluding carboxylic acids is 3. The van der Waals surface area contributed by atoms with Gasteiger partial charge in [0.1, 0.15) is 30.7 Å². The van der Waals surface area contributed by atoms with Gasteiger partial charge in [-0.15, -0.1) is 0 Å². The maximum Gasteiger partial charge on any atom is 0.336 e. The van der Waals surface area contributed by atoms with Crippen molar-refractivity contribution in [3.8, 4) is 5.75 Å². The Morgan fingerprint density at radius 2 is 1.75 bits per heavy atom. The highest BCUT2D eigenvalue weighted by Gasteiger charge is 2.47. The molecule has 2 aliphatic rings. The van der Waals surface area contributed by atoms with Crippen LogP contribution in [0.2, 0.25) is 0 Å². The van der Waals surface area contributed by atoms with Gasteiger partial charge in [0.2, 0.25) is 0 Å². The van der Waals surface area contributed by atoms with E-state index in [-0.39, 0.29) is 35.8 Å². The van der Waals surface area contributed by atoms with Crippen LogP contribution in [0.15, 0.2) is 77.1 Å². The molecule has 1 N–H and O–H groups in total. The highest BCUT2D eigenvalue weighted by atomic mass is 19.1. The van der Waals surface area contributed by atoms with Crippen LogP contribution in [0.4, 0.5) is 4.39 Å². The van der Waals surface area contributed by atoms with E-state index in [0.717, 1.165) is 0 Å². The largest absolute Gasteiger partial charge is 0.490 e.